The largest absolute Gasteiger partial charge is 0.490 e. The first-order chi connectivity index (χ1) is 15.1. The van der Waals surface area contributed by atoms with Gasteiger partial charge in [-0.05, 0) is 63.6 Å². The first-order valence-corrected chi connectivity index (χ1v) is 11.5. The molecule has 1 aromatic rings. The average Bonchev–Trinajstić information content (AvgIpc) is 2.74. The highest BCUT2D eigenvalue weighted by Gasteiger charge is 2.45. The lowest BCUT2D eigenvalue weighted by Crippen LogP contribution is -2.62. The lowest BCUT2D eigenvalue weighted by molar-refractivity contribution is -0.150. The summed E-state index contributed by atoms with van der Waals surface area (Å²) in [7, 11) is 0. The normalized spacial score (nSPS) is 26.1. The Labute approximate surface area is 190 Å². The van der Waals surface area contributed by atoms with Crippen LogP contribution in [0.5, 0.6) is 5.75 Å². The first-order valence-electron chi connectivity index (χ1n) is 11.5. The van der Waals surface area contributed by atoms with Gasteiger partial charge in [0.15, 0.2) is 0 Å². The molecular formula is C24H38N2O6. The topological polar surface area (TPSA) is 103 Å². The zero-order chi connectivity index (χ0) is 23.5. The Morgan fingerprint density at radius 2 is 1.78 bits per heavy atom. The van der Waals surface area contributed by atoms with Gasteiger partial charge in [-0.1, -0.05) is 12.1 Å². The Morgan fingerprint density at radius 1 is 1.12 bits per heavy atom. The molecule has 0 bridgehead atoms. The Morgan fingerprint density at radius 3 is 2.44 bits per heavy atom. The summed E-state index contributed by atoms with van der Waals surface area (Å²) in [6.07, 6.45) is 0.0491. The van der Waals surface area contributed by atoms with Crippen molar-refractivity contribution < 1.29 is 29.6 Å². The number of likely N-dealkylation sites (tertiary alicyclic amines) is 2. The minimum atomic E-state index is -1.43. The average molecular weight is 451 g/mol. The van der Waals surface area contributed by atoms with Gasteiger partial charge in [-0.25, -0.2) is 4.79 Å². The van der Waals surface area contributed by atoms with Crippen molar-refractivity contribution in [3.05, 3.63) is 28.8 Å². The molecule has 180 valence electrons. The molecule has 0 aliphatic carbocycles. The van der Waals surface area contributed by atoms with Gasteiger partial charge in [0, 0.05) is 32.7 Å². The number of β-amino-alcohol motifs (C(OH)–C–C–N with tert-alkyl or cyclic N) is 2. The highest BCUT2D eigenvalue weighted by Crippen LogP contribution is 2.31. The van der Waals surface area contributed by atoms with E-state index in [4.69, 9.17) is 9.47 Å². The Balaban J connectivity index is 1.60. The number of carbonyl (C=O) groups is 1. The van der Waals surface area contributed by atoms with Crippen molar-refractivity contribution in [2.45, 2.75) is 64.3 Å². The summed E-state index contributed by atoms with van der Waals surface area (Å²) in [6.45, 7) is 10.1. The van der Waals surface area contributed by atoms with Crippen LogP contribution in [0.25, 0.3) is 0 Å². The summed E-state index contributed by atoms with van der Waals surface area (Å²) < 4.78 is 11.1. The third kappa shape index (κ3) is 5.54. The summed E-state index contributed by atoms with van der Waals surface area (Å²) in [5.41, 5.74) is 0.749. The second kappa shape index (κ2) is 9.95. The van der Waals surface area contributed by atoms with Crippen molar-refractivity contribution in [1.82, 2.24) is 9.80 Å². The molecule has 0 aromatic heterocycles. The minimum Gasteiger partial charge on any atom is -0.490 e. The van der Waals surface area contributed by atoms with Crippen molar-refractivity contribution in [1.29, 1.82) is 0 Å². The third-order valence-electron chi connectivity index (χ3n) is 6.91. The highest BCUT2D eigenvalue weighted by molar-refractivity contribution is 5.67. The van der Waals surface area contributed by atoms with Crippen molar-refractivity contribution in [3.63, 3.8) is 0 Å². The molecule has 8 heteroatoms. The number of carbonyl (C=O) groups excluding carboxylic acids is 1. The van der Waals surface area contributed by atoms with Gasteiger partial charge in [0.05, 0.1) is 18.3 Å². The van der Waals surface area contributed by atoms with Crippen LogP contribution in [-0.2, 0) is 4.74 Å². The standard InChI is InChI=1S/C24H38N2O6/c1-5-31-22(28)26-12-9-23(29,10-13-26)14-25-11-8-20(27)24(30,15-25)16-32-21-18(3)7-6-17(2)19(21)4/h6-7,20,27,29-30H,5,8-16H2,1-4H3/t20-,24-/m0/s1. The number of aliphatic hydroxyl groups excluding tert-OH is 1. The van der Waals surface area contributed by atoms with E-state index < -0.39 is 17.3 Å². The van der Waals surface area contributed by atoms with Gasteiger partial charge >= 0.3 is 6.09 Å². The van der Waals surface area contributed by atoms with Crippen LogP contribution in [0.15, 0.2) is 12.1 Å². The minimum absolute atomic E-state index is 0.0230. The van der Waals surface area contributed by atoms with E-state index in [1.807, 2.05) is 37.8 Å². The smallest absolute Gasteiger partial charge is 0.409 e. The fraction of sp³-hybridized carbons (Fsp3) is 0.708. The highest BCUT2D eigenvalue weighted by atomic mass is 16.6. The number of aryl methyl sites for hydroxylation is 2. The summed E-state index contributed by atoms with van der Waals surface area (Å²) in [5.74, 6) is 0.743. The van der Waals surface area contributed by atoms with Crippen molar-refractivity contribution in [3.8, 4) is 5.75 Å². The summed E-state index contributed by atoms with van der Waals surface area (Å²) in [6, 6.07) is 4.03. The van der Waals surface area contributed by atoms with Crippen LogP contribution in [0.4, 0.5) is 4.79 Å². The lowest BCUT2D eigenvalue weighted by atomic mass is 9.86. The maximum atomic E-state index is 11.9. The molecule has 2 saturated heterocycles. The van der Waals surface area contributed by atoms with Gasteiger partial charge in [-0.2, -0.15) is 0 Å². The third-order valence-corrected chi connectivity index (χ3v) is 6.91. The van der Waals surface area contributed by atoms with E-state index in [2.05, 4.69) is 0 Å². The molecule has 8 nitrogen and oxygen atoms in total. The molecule has 0 saturated carbocycles. The molecule has 0 spiro atoms. The molecule has 1 amide bonds. The van der Waals surface area contributed by atoms with Gasteiger partial charge in [-0.3, -0.25) is 4.90 Å². The number of amides is 1. The fourth-order valence-electron chi connectivity index (χ4n) is 4.66. The van der Waals surface area contributed by atoms with Gasteiger partial charge in [0.1, 0.15) is 18.0 Å². The predicted molar refractivity (Wildman–Crippen MR) is 121 cm³/mol. The Kier molecular flexibility index (Phi) is 7.70. The van der Waals surface area contributed by atoms with E-state index in [0.29, 0.717) is 52.0 Å². The quantitative estimate of drug-likeness (QED) is 0.607. The van der Waals surface area contributed by atoms with Gasteiger partial charge < -0.3 is 29.7 Å². The van der Waals surface area contributed by atoms with Crippen LogP contribution in [-0.4, -0.2) is 94.5 Å². The number of nitrogens with zero attached hydrogens (tertiary/aromatic N) is 2. The molecule has 2 aliphatic heterocycles. The lowest BCUT2D eigenvalue weighted by Gasteiger charge is -2.46. The molecule has 2 aliphatic rings. The molecule has 0 radical (unpaired) electrons. The molecule has 2 atom stereocenters. The second-order valence-corrected chi connectivity index (χ2v) is 9.47. The summed E-state index contributed by atoms with van der Waals surface area (Å²) in [4.78, 5) is 15.5. The van der Waals surface area contributed by atoms with Crippen LogP contribution in [0.2, 0.25) is 0 Å². The number of hydrogen-bond donors (Lipinski definition) is 3. The Hall–Kier alpha value is -1.87. The van der Waals surface area contributed by atoms with Crippen LogP contribution in [0.1, 0.15) is 42.9 Å². The Bertz CT molecular complexity index is 808. The van der Waals surface area contributed by atoms with Crippen molar-refractivity contribution in [2.24, 2.45) is 0 Å². The van der Waals surface area contributed by atoms with E-state index in [9.17, 15) is 20.1 Å². The van der Waals surface area contributed by atoms with Gasteiger partial charge in [0.2, 0.25) is 0 Å². The zero-order valence-electron chi connectivity index (χ0n) is 19.8. The van der Waals surface area contributed by atoms with Crippen LogP contribution < -0.4 is 4.74 Å². The molecule has 2 heterocycles. The number of ether oxygens (including phenoxy) is 2. The number of rotatable bonds is 6. The van der Waals surface area contributed by atoms with Gasteiger partial charge in [-0.15, -0.1) is 0 Å². The molecule has 3 N–H and O–H groups in total. The maximum absolute atomic E-state index is 11.9. The number of aliphatic hydroxyl groups is 3. The fourth-order valence-corrected chi connectivity index (χ4v) is 4.66. The molecule has 32 heavy (non-hydrogen) atoms. The van der Waals surface area contributed by atoms with Crippen molar-refractivity contribution >= 4 is 6.09 Å². The van der Waals surface area contributed by atoms with E-state index in [1.54, 1.807) is 11.8 Å². The van der Waals surface area contributed by atoms with Crippen molar-refractivity contribution in [2.75, 3.05) is 45.9 Å². The van der Waals surface area contributed by atoms with Crippen LogP contribution in [0.3, 0.4) is 0 Å². The maximum Gasteiger partial charge on any atom is 0.409 e. The molecule has 2 fully saturated rings. The predicted octanol–water partition coefficient (Wildman–Crippen LogP) is 1.77. The van der Waals surface area contributed by atoms with E-state index in [1.165, 1.54) is 0 Å². The monoisotopic (exact) mass is 450 g/mol. The number of piperidine rings is 2. The van der Waals surface area contributed by atoms with E-state index in [0.717, 1.165) is 22.4 Å². The summed E-state index contributed by atoms with van der Waals surface area (Å²) >= 11 is 0. The van der Waals surface area contributed by atoms with E-state index in [-0.39, 0.29) is 19.2 Å². The number of benzene rings is 1. The SMILES string of the molecule is CCOC(=O)N1CCC(O)(CN2CC[C@H](O)[C@@](O)(COc3c(C)ccc(C)c3C)C2)CC1. The van der Waals surface area contributed by atoms with Crippen LogP contribution in [0, 0.1) is 20.8 Å². The van der Waals surface area contributed by atoms with E-state index >= 15 is 0 Å². The summed E-state index contributed by atoms with van der Waals surface area (Å²) in [5, 5.41) is 32.9. The molecule has 1 aromatic carbocycles. The second-order valence-electron chi connectivity index (χ2n) is 9.47. The molecule has 0 unspecified atom stereocenters. The molecular weight excluding hydrogens is 412 g/mol. The number of hydrogen-bond acceptors (Lipinski definition) is 7. The molecule has 3 rings (SSSR count). The van der Waals surface area contributed by atoms with Gasteiger partial charge in [0.25, 0.3) is 0 Å². The first kappa shape index (κ1) is 24.8. The zero-order valence-corrected chi connectivity index (χ0v) is 19.8. The van der Waals surface area contributed by atoms with Crippen LogP contribution >= 0.6 is 0 Å².